The van der Waals surface area contributed by atoms with Gasteiger partial charge in [0.1, 0.15) is 23.9 Å². The molecule has 0 unspecified atom stereocenters. The van der Waals surface area contributed by atoms with Crippen molar-refractivity contribution in [2.75, 3.05) is 6.54 Å². The molecule has 4 N–H and O–H groups in total. The second-order valence-electron chi connectivity index (χ2n) is 6.43. The molecule has 5 nitrogen and oxygen atoms in total. The summed E-state index contributed by atoms with van der Waals surface area (Å²) < 4.78 is 5.93. The lowest BCUT2D eigenvalue weighted by atomic mass is 10.1. The molecule has 0 bridgehead atoms. The summed E-state index contributed by atoms with van der Waals surface area (Å²) in [6, 6.07) is 17.8. The van der Waals surface area contributed by atoms with Gasteiger partial charge in [0.25, 0.3) is 0 Å². The van der Waals surface area contributed by atoms with Crippen molar-refractivity contribution in [1.82, 2.24) is 4.90 Å². The minimum absolute atomic E-state index is 0.413. The summed E-state index contributed by atoms with van der Waals surface area (Å²) in [5, 5.41) is 0. The number of rotatable bonds is 7. The van der Waals surface area contributed by atoms with Gasteiger partial charge in [-0.3, -0.25) is 0 Å². The van der Waals surface area contributed by atoms with E-state index in [1.807, 2.05) is 78.7 Å². The summed E-state index contributed by atoms with van der Waals surface area (Å²) in [4.78, 5) is 6.26. The first-order valence-corrected chi connectivity index (χ1v) is 9.34. The number of nitrogens with zero attached hydrogens (tertiary/aromatic N) is 2. The first-order chi connectivity index (χ1) is 13.7. The molecular weight excluding hydrogens is 348 g/mol. The highest BCUT2D eigenvalue weighted by Crippen LogP contribution is 2.24. The lowest BCUT2D eigenvalue weighted by Gasteiger charge is -2.27. The number of hydrogen-bond donors (Lipinski definition) is 2. The summed E-state index contributed by atoms with van der Waals surface area (Å²) in [7, 11) is 0. The van der Waals surface area contributed by atoms with Crippen molar-refractivity contribution < 1.29 is 4.74 Å². The number of ether oxygens (including phenoxy) is 1. The summed E-state index contributed by atoms with van der Waals surface area (Å²) in [5.74, 6) is 1.17. The second-order valence-corrected chi connectivity index (χ2v) is 6.43. The molecule has 0 radical (unpaired) electrons. The quantitative estimate of drug-likeness (QED) is 0.718. The molecule has 144 valence electrons. The molecule has 28 heavy (non-hydrogen) atoms. The van der Waals surface area contributed by atoms with Gasteiger partial charge in [0.2, 0.25) is 0 Å². The van der Waals surface area contributed by atoms with Crippen LogP contribution in [0.5, 0.6) is 5.75 Å². The number of amidine groups is 1. The first-order valence-electron chi connectivity index (χ1n) is 9.34. The van der Waals surface area contributed by atoms with Crippen LogP contribution in [-0.4, -0.2) is 17.3 Å². The van der Waals surface area contributed by atoms with Crippen molar-refractivity contribution in [1.29, 1.82) is 0 Å². The molecule has 0 spiro atoms. The van der Waals surface area contributed by atoms with Crippen LogP contribution in [0.2, 0.25) is 0 Å². The van der Waals surface area contributed by atoms with Gasteiger partial charge in [-0.15, -0.1) is 0 Å². The molecule has 0 amide bonds. The maximum atomic E-state index is 6.50. The van der Waals surface area contributed by atoms with Crippen LogP contribution in [0.4, 0.5) is 0 Å². The van der Waals surface area contributed by atoms with Gasteiger partial charge in [-0.2, -0.15) is 0 Å². The minimum atomic E-state index is 0.413. The summed E-state index contributed by atoms with van der Waals surface area (Å²) >= 11 is 0. The number of benzene rings is 2. The minimum Gasteiger partial charge on any atom is -0.489 e. The monoisotopic (exact) mass is 374 g/mol. The van der Waals surface area contributed by atoms with Crippen LogP contribution in [0.3, 0.4) is 0 Å². The van der Waals surface area contributed by atoms with E-state index >= 15 is 0 Å². The topological polar surface area (TPSA) is 76.9 Å². The van der Waals surface area contributed by atoms with E-state index in [1.54, 1.807) is 6.20 Å². The van der Waals surface area contributed by atoms with E-state index in [1.165, 1.54) is 0 Å². The van der Waals surface area contributed by atoms with Gasteiger partial charge in [-0.1, -0.05) is 54.6 Å². The Morgan fingerprint density at radius 1 is 1.14 bits per heavy atom. The zero-order valence-electron chi connectivity index (χ0n) is 16.1. The third kappa shape index (κ3) is 4.82. The highest BCUT2D eigenvalue weighted by atomic mass is 16.5. The molecule has 2 aromatic carbocycles. The van der Waals surface area contributed by atoms with Crippen molar-refractivity contribution in [3.8, 4) is 5.75 Å². The number of allylic oxidation sites excluding steroid dienone is 1. The molecule has 1 heterocycles. The van der Waals surface area contributed by atoms with Crippen molar-refractivity contribution in [3.63, 3.8) is 0 Å². The fraction of sp³-hybridized carbons (Fsp3) is 0.174. The van der Waals surface area contributed by atoms with Crippen LogP contribution in [0.15, 0.2) is 89.8 Å². The fourth-order valence-corrected chi connectivity index (χ4v) is 2.97. The highest BCUT2D eigenvalue weighted by Gasteiger charge is 2.19. The van der Waals surface area contributed by atoms with Crippen LogP contribution in [0, 0.1) is 0 Å². The molecule has 0 fully saturated rings. The normalized spacial score (nSPS) is 15.6. The average Bonchev–Trinajstić information content (AvgIpc) is 2.73. The zero-order chi connectivity index (χ0) is 19.8. The molecule has 1 aliphatic rings. The van der Waals surface area contributed by atoms with Crippen LogP contribution < -0.4 is 16.2 Å². The van der Waals surface area contributed by atoms with Crippen molar-refractivity contribution in [2.24, 2.45) is 16.5 Å². The van der Waals surface area contributed by atoms with E-state index < -0.39 is 0 Å². The second kappa shape index (κ2) is 9.46. The van der Waals surface area contributed by atoms with Crippen molar-refractivity contribution >= 4 is 11.5 Å². The Kier molecular flexibility index (Phi) is 6.52. The van der Waals surface area contributed by atoms with E-state index in [2.05, 4.69) is 11.1 Å². The van der Waals surface area contributed by atoms with Crippen LogP contribution in [-0.2, 0) is 6.61 Å². The maximum Gasteiger partial charge on any atom is 0.149 e. The fourth-order valence-electron chi connectivity index (χ4n) is 2.97. The zero-order valence-corrected chi connectivity index (χ0v) is 16.1. The predicted molar refractivity (Wildman–Crippen MR) is 115 cm³/mol. The van der Waals surface area contributed by atoms with Gasteiger partial charge < -0.3 is 21.1 Å². The Bertz CT molecular complexity index is 913. The van der Waals surface area contributed by atoms with Gasteiger partial charge >= 0.3 is 0 Å². The Hall–Kier alpha value is -3.47. The van der Waals surface area contributed by atoms with Crippen molar-refractivity contribution in [3.05, 3.63) is 96.0 Å². The molecule has 0 aromatic heterocycles. The van der Waals surface area contributed by atoms with Crippen LogP contribution in [0.25, 0.3) is 5.70 Å². The van der Waals surface area contributed by atoms with Crippen molar-refractivity contribution in [2.45, 2.75) is 20.0 Å². The largest absolute Gasteiger partial charge is 0.489 e. The number of nitrogens with two attached hydrogens (primary N) is 2. The van der Waals surface area contributed by atoms with Gasteiger partial charge in [0, 0.05) is 24.5 Å². The SMILES string of the molecule is C/C=C/CCN1C=CN=C(N)/C1=C(/N)c1cccc(OCc2ccccc2)c1. The van der Waals surface area contributed by atoms with Gasteiger partial charge in [-0.25, -0.2) is 4.99 Å². The molecule has 0 aliphatic carbocycles. The summed E-state index contributed by atoms with van der Waals surface area (Å²) in [6.07, 6.45) is 8.64. The van der Waals surface area contributed by atoms with E-state index in [9.17, 15) is 0 Å². The Balaban J connectivity index is 1.82. The lowest BCUT2D eigenvalue weighted by molar-refractivity contribution is 0.306. The maximum absolute atomic E-state index is 6.50. The van der Waals surface area contributed by atoms with Crippen LogP contribution >= 0.6 is 0 Å². The predicted octanol–water partition coefficient (Wildman–Crippen LogP) is 4.00. The average molecular weight is 374 g/mol. The third-order valence-electron chi connectivity index (χ3n) is 4.41. The first kappa shape index (κ1) is 19.3. The van der Waals surface area contributed by atoms with E-state index in [0.717, 1.165) is 35.5 Å². The molecule has 3 rings (SSSR count). The van der Waals surface area contributed by atoms with Crippen LogP contribution in [0.1, 0.15) is 24.5 Å². The molecule has 0 saturated carbocycles. The smallest absolute Gasteiger partial charge is 0.149 e. The summed E-state index contributed by atoms with van der Waals surface area (Å²) in [5.41, 5.74) is 15.9. The molecule has 5 heteroatoms. The Morgan fingerprint density at radius 3 is 2.75 bits per heavy atom. The molecular formula is C23H26N4O. The summed E-state index contributed by atoms with van der Waals surface area (Å²) in [6.45, 7) is 3.29. The van der Waals surface area contributed by atoms with E-state index in [-0.39, 0.29) is 0 Å². The Labute approximate surface area is 166 Å². The number of hydrogen-bond acceptors (Lipinski definition) is 5. The van der Waals surface area contributed by atoms with E-state index in [4.69, 9.17) is 16.2 Å². The molecule has 0 atom stereocenters. The highest BCUT2D eigenvalue weighted by molar-refractivity contribution is 6.03. The number of aliphatic imine (C=N–C) groups is 1. The standard InChI is InChI=1S/C23H26N4O/c1-2-3-7-14-27-15-13-26-23(25)22(27)21(24)19-11-8-12-20(16-19)28-17-18-9-5-4-6-10-18/h2-6,8-13,15-16H,7,14,17,24H2,1H3,(H2,25,26)/b3-2+,22-21-. The van der Waals surface area contributed by atoms with E-state index in [0.29, 0.717) is 18.1 Å². The lowest BCUT2D eigenvalue weighted by Crippen LogP contribution is -2.33. The van der Waals surface area contributed by atoms with Gasteiger partial charge in [0.15, 0.2) is 0 Å². The Morgan fingerprint density at radius 2 is 1.96 bits per heavy atom. The third-order valence-corrected chi connectivity index (χ3v) is 4.41. The molecule has 2 aromatic rings. The van der Waals surface area contributed by atoms with Gasteiger partial charge in [-0.05, 0) is 31.0 Å². The molecule has 1 aliphatic heterocycles. The molecule has 0 saturated heterocycles. The van der Waals surface area contributed by atoms with Gasteiger partial charge in [0.05, 0.1) is 5.70 Å².